The van der Waals surface area contributed by atoms with Gasteiger partial charge >= 0.3 is 5.76 Å². The van der Waals surface area contributed by atoms with Crippen LogP contribution in [-0.4, -0.2) is 4.57 Å². The maximum atomic E-state index is 11.7. The molecular formula is C12H14INO2. The molecule has 0 spiro atoms. The normalized spacial score (nSPS) is 11.5. The van der Waals surface area contributed by atoms with E-state index in [1.165, 1.54) is 0 Å². The second-order valence-corrected chi connectivity index (χ2v) is 5.56. The van der Waals surface area contributed by atoms with Crippen LogP contribution in [0.1, 0.15) is 20.3 Å². The zero-order chi connectivity index (χ0) is 11.7. The lowest BCUT2D eigenvalue weighted by Crippen LogP contribution is -2.15. The molecular weight excluding hydrogens is 317 g/mol. The van der Waals surface area contributed by atoms with Crippen LogP contribution in [0.2, 0.25) is 0 Å². The Bertz CT molecular complexity index is 554. The van der Waals surface area contributed by atoms with E-state index in [4.69, 9.17) is 4.42 Å². The predicted octanol–water partition coefficient (Wildman–Crippen LogP) is 3.25. The molecule has 0 saturated heterocycles. The molecule has 0 unspecified atom stereocenters. The van der Waals surface area contributed by atoms with E-state index in [-0.39, 0.29) is 5.76 Å². The minimum atomic E-state index is -0.252. The summed E-state index contributed by atoms with van der Waals surface area (Å²) in [6.45, 7) is 5.02. The molecule has 1 aromatic carbocycles. The lowest BCUT2D eigenvalue weighted by molar-refractivity contribution is 0.465. The van der Waals surface area contributed by atoms with Crippen molar-refractivity contribution in [2.75, 3.05) is 0 Å². The third-order valence-electron chi connectivity index (χ3n) is 2.56. The van der Waals surface area contributed by atoms with E-state index in [1.54, 1.807) is 4.57 Å². The average Bonchev–Trinajstić information content (AvgIpc) is 2.50. The molecule has 0 aliphatic heterocycles. The molecule has 0 saturated carbocycles. The molecule has 0 atom stereocenters. The Labute approximate surface area is 108 Å². The number of hydrogen-bond acceptors (Lipinski definition) is 2. The molecule has 0 aliphatic rings. The lowest BCUT2D eigenvalue weighted by atomic mass is 10.1. The summed E-state index contributed by atoms with van der Waals surface area (Å²) >= 11 is 2.21. The highest BCUT2D eigenvalue weighted by atomic mass is 127. The summed E-state index contributed by atoms with van der Waals surface area (Å²) in [7, 11) is 0. The van der Waals surface area contributed by atoms with Crippen molar-refractivity contribution in [1.82, 2.24) is 4.57 Å². The highest BCUT2D eigenvalue weighted by Crippen LogP contribution is 2.17. The highest BCUT2D eigenvalue weighted by molar-refractivity contribution is 14.1. The van der Waals surface area contributed by atoms with E-state index in [0.717, 1.165) is 22.1 Å². The smallest absolute Gasteiger partial charge is 0.408 e. The lowest BCUT2D eigenvalue weighted by Gasteiger charge is -2.04. The van der Waals surface area contributed by atoms with Crippen LogP contribution in [-0.2, 0) is 6.54 Å². The summed E-state index contributed by atoms with van der Waals surface area (Å²) in [6, 6.07) is 5.83. The van der Waals surface area contributed by atoms with Crippen molar-refractivity contribution in [3.63, 3.8) is 0 Å². The first kappa shape index (κ1) is 11.7. The van der Waals surface area contributed by atoms with Crippen molar-refractivity contribution in [1.29, 1.82) is 0 Å². The number of hydrogen-bond donors (Lipinski definition) is 0. The van der Waals surface area contributed by atoms with Gasteiger partial charge in [0.25, 0.3) is 0 Å². The van der Waals surface area contributed by atoms with Gasteiger partial charge in [-0.25, -0.2) is 4.79 Å². The number of rotatable bonds is 3. The van der Waals surface area contributed by atoms with Gasteiger partial charge in [-0.2, -0.15) is 0 Å². The van der Waals surface area contributed by atoms with E-state index in [1.807, 2.05) is 18.2 Å². The van der Waals surface area contributed by atoms with Gasteiger partial charge < -0.3 is 4.42 Å². The zero-order valence-electron chi connectivity index (χ0n) is 9.37. The fraction of sp³-hybridized carbons (Fsp3) is 0.417. The number of oxazole rings is 1. The van der Waals surface area contributed by atoms with Gasteiger partial charge in [-0.3, -0.25) is 4.57 Å². The fourth-order valence-electron chi connectivity index (χ4n) is 1.64. The second kappa shape index (κ2) is 4.61. The standard InChI is InChI=1S/C12H14INO2/c1-8(2)5-6-14-10-4-3-9(13)7-11(10)16-12(14)15/h3-4,7-8H,5-6H2,1-2H3. The molecule has 3 nitrogen and oxygen atoms in total. The molecule has 0 bridgehead atoms. The van der Waals surface area contributed by atoms with E-state index >= 15 is 0 Å². The number of aromatic nitrogens is 1. The number of aryl methyl sites for hydroxylation is 1. The molecule has 0 radical (unpaired) electrons. The maximum Gasteiger partial charge on any atom is 0.419 e. The third-order valence-corrected chi connectivity index (χ3v) is 3.23. The van der Waals surface area contributed by atoms with E-state index < -0.39 is 0 Å². The average molecular weight is 331 g/mol. The molecule has 86 valence electrons. The number of fused-ring (bicyclic) bond motifs is 1. The molecule has 0 N–H and O–H groups in total. The Balaban J connectivity index is 2.44. The van der Waals surface area contributed by atoms with Crippen LogP contribution in [0, 0.1) is 9.49 Å². The summed E-state index contributed by atoms with van der Waals surface area (Å²) in [5, 5.41) is 0. The fourth-order valence-corrected chi connectivity index (χ4v) is 2.10. The first-order valence-corrected chi connectivity index (χ1v) is 6.44. The molecule has 1 aromatic heterocycles. The molecule has 4 heteroatoms. The van der Waals surface area contributed by atoms with Gasteiger partial charge in [-0.05, 0) is 53.1 Å². The highest BCUT2D eigenvalue weighted by Gasteiger charge is 2.09. The summed E-state index contributed by atoms with van der Waals surface area (Å²) in [4.78, 5) is 11.7. The van der Waals surface area contributed by atoms with Crippen molar-refractivity contribution in [2.45, 2.75) is 26.8 Å². The van der Waals surface area contributed by atoms with Gasteiger partial charge in [0.2, 0.25) is 0 Å². The summed E-state index contributed by atoms with van der Waals surface area (Å²) in [5.41, 5.74) is 1.58. The Kier molecular flexibility index (Phi) is 3.37. The van der Waals surface area contributed by atoms with E-state index in [2.05, 4.69) is 36.4 Å². The van der Waals surface area contributed by atoms with Crippen LogP contribution in [0.25, 0.3) is 11.1 Å². The largest absolute Gasteiger partial charge is 0.419 e. The minimum Gasteiger partial charge on any atom is -0.408 e. The molecule has 2 aromatic rings. The quantitative estimate of drug-likeness (QED) is 0.810. The SMILES string of the molecule is CC(C)CCn1c(=O)oc2cc(I)ccc21. The molecule has 0 fully saturated rings. The van der Waals surface area contributed by atoms with E-state index in [0.29, 0.717) is 11.5 Å². The monoisotopic (exact) mass is 331 g/mol. The summed E-state index contributed by atoms with van der Waals surface area (Å²) < 4.78 is 8.01. The van der Waals surface area contributed by atoms with Crippen LogP contribution in [0.15, 0.2) is 27.4 Å². The van der Waals surface area contributed by atoms with Crippen molar-refractivity contribution in [3.05, 3.63) is 32.3 Å². The zero-order valence-corrected chi connectivity index (χ0v) is 11.5. The first-order chi connectivity index (χ1) is 7.58. The predicted molar refractivity (Wildman–Crippen MR) is 72.6 cm³/mol. The van der Waals surface area contributed by atoms with Crippen molar-refractivity contribution in [2.24, 2.45) is 5.92 Å². The Hall–Kier alpha value is -0.780. The van der Waals surface area contributed by atoms with Crippen LogP contribution < -0.4 is 5.76 Å². The Morgan fingerprint density at radius 2 is 2.19 bits per heavy atom. The topological polar surface area (TPSA) is 35.1 Å². The molecule has 0 aliphatic carbocycles. The number of halogens is 1. The maximum absolute atomic E-state index is 11.7. The second-order valence-electron chi connectivity index (χ2n) is 4.31. The van der Waals surface area contributed by atoms with Crippen LogP contribution in [0.4, 0.5) is 0 Å². The van der Waals surface area contributed by atoms with Crippen LogP contribution >= 0.6 is 22.6 Å². The number of nitrogens with zero attached hydrogens (tertiary/aromatic N) is 1. The summed E-state index contributed by atoms with van der Waals surface area (Å²) in [5.74, 6) is 0.332. The van der Waals surface area contributed by atoms with Gasteiger partial charge in [-0.1, -0.05) is 13.8 Å². The Morgan fingerprint density at radius 3 is 2.88 bits per heavy atom. The van der Waals surface area contributed by atoms with Crippen LogP contribution in [0.3, 0.4) is 0 Å². The Morgan fingerprint density at radius 1 is 1.44 bits per heavy atom. The van der Waals surface area contributed by atoms with Crippen molar-refractivity contribution >= 4 is 33.7 Å². The summed E-state index contributed by atoms with van der Waals surface area (Å²) in [6.07, 6.45) is 0.987. The molecule has 1 heterocycles. The molecule has 2 rings (SSSR count). The van der Waals surface area contributed by atoms with Gasteiger partial charge in [0, 0.05) is 10.1 Å². The minimum absolute atomic E-state index is 0.252. The van der Waals surface area contributed by atoms with Crippen molar-refractivity contribution in [3.8, 4) is 0 Å². The molecule has 0 amide bonds. The first-order valence-electron chi connectivity index (χ1n) is 5.37. The van der Waals surface area contributed by atoms with E-state index in [9.17, 15) is 4.79 Å². The van der Waals surface area contributed by atoms with Gasteiger partial charge in [0.05, 0.1) is 5.52 Å². The number of benzene rings is 1. The van der Waals surface area contributed by atoms with Crippen molar-refractivity contribution < 1.29 is 4.42 Å². The van der Waals surface area contributed by atoms with Gasteiger partial charge in [-0.15, -0.1) is 0 Å². The molecule has 16 heavy (non-hydrogen) atoms. The van der Waals surface area contributed by atoms with Crippen LogP contribution in [0.5, 0.6) is 0 Å². The third kappa shape index (κ3) is 2.31. The van der Waals surface area contributed by atoms with Gasteiger partial charge in [0.1, 0.15) is 0 Å². The van der Waals surface area contributed by atoms with Gasteiger partial charge in [0.15, 0.2) is 5.58 Å².